The fourth-order valence-corrected chi connectivity index (χ4v) is 3.74. The second-order valence-corrected chi connectivity index (χ2v) is 6.92. The zero-order valence-corrected chi connectivity index (χ0v) is 15.8. The summed E-state index contributed by atoms with van der Waals surface area (Å²) in [5.41, 5.74) is 9.84. The lowest BCUT2D eigenvalue weighted by Gasteiger charge is -2.07. The molecule has 0 saturated carbocycles. The summed E-state index contributed by atoms with van der Waals surface area (Å²) in [6.07, 6.45) is 5.10. The number of anilines is 2. The lowest BCUT2D eigenvalue weighted by atomic mass is 10.0. The van der Waals surface area contributed by atoms with Crippen LogP contribution >= 0.6 is 11.3 Å². The summed E-state index contributed by atoms with van der Waals surface area (Å²) < 4.78 is 0.917. The minimum absolute atomic E-state index is 0.212. The third-order valence-corrected chi connectivity index (χ3v) is 5.01. The van der Waals surface area contributed by atoms with Crippen LogP contribution in [0.4, 0.5) is 15.9 Å². The van der Waals surface area contributed by atoms with Crippen LogP contribution in [0.25, 0.3) is 32.6 Å². The van der Waals surface area contributed by atoms with Gasteiger partial charge in [-0.1, -0.05) is 17.4 Å². The van der Waals surface area contributed by atoms with Crippen molar-refractivity contribution in [3.8, 4) is 22.4 Å². The van der Waals surface area contributed by atoms with Gasteiger partial charge in [0.25, 0.3) is 0 Å². The molecule has 0 aliphatic carbocycles. The van der Waals surface area contributed by atoms with E-state index in [0.717, 1.165) is 32.6 Å². The van der Waals surface area contributed by atoms with Gasteiger partial charge in [-0.25, -0.2) is 19.7 Å². The van der Waals surface area contributed by atoms with Crippen LogP contribution in [0.3, 0.4) is 0 Å². The molecule has 0 radical (unpaired) electrons. The number of fused-ring (bicyclic) bond motifs is 1. The highest BCUT2D eigenvalue weighted by molar-refractivity contribution is 7.22. The number of nitrogens with two attached hydrogens (primary N) is 1. The summed E-state index contributed by atoms with van der Waals surface area (Å²) in [7, 11) is 0. The van der Waals surface area contributed by atoms with Crippen molar-refractivity contribution in [2.24, 2.45) is 0 Å². The van der Waals surface area contributed by atoms with Crippen LogP contribution in [-0.2, 0) is 0 Å². The minimum Gasteiger partial charge on any atom is -0.368 e. The van der Waals surface area contributed by atoms with E-state index in [-0.39, 0.29) is 12.0 Å². The maximum Gasteiger partial charge on any atom is 0.321 e. The molecule has 9 heteroatoms. The Bertz CT molecular complexity index is 1130. The van der Waals surface area contributed by atoms with Crippen LogP contribution in [0.5, 0.6) is 0 Å². The molecule has 0 aliphatic heterocycles. The van der Waals surface area contributed by atoms with E-state index in [0.29, 0.717) is 11.7 Å². The number of rotatable bonds is 4. The van der Waals surface area contributed by atoms with Crippen LogP contribution in [0.1, 0.15) is 6.92 Å². The van der Waals surface area contributed by atoms with Crippen molar-refractivity contribution in [2.75, 3.05) is 17.6 Å². The van der Waals surface area contributed by atoms with Gasteiger partial charge in [-0.2, -0.15) is 0 Å². The molecule has 8 nitrogen and oxygen atoms in total. The van der Waals surface area contributed by atoms with Gasteiger partial charge >= 0.3 is 6.03 Å². The number of nitrogen functional groups attached to an aromatic ring is 1. The Balaban J connectivity index is 1.86. The molecule has 4 N–H and O–H groups in total. The predicted octanol–water partition coefficient (Wildman–Crippen LogP) is 3.54. The van der Waals surface area contributed by atoms with Gasteiger partial charge in [0, 0.05) is 41.8 Å². The SMILES string of the molecule is CCNC(=O)Nc1nc2cc(-c3ccccn3)cc(-c3cnc(N)nc3)c2s1. The van der Waals surface area contributed by atoms with Gasteiger partial charge in [-0.3, -0.25) is 10.3 Å². The van der Waals surface area contributed by atoms with Gasteiger partial charge in [0.2, 0.25) is 5.95 Å². The number of aromatic nitrogens is 4. The van der Waals surface area contributed by atoms with Gasteiger partial charge in [0.1, 0.15) is 0 Å². The van der Waals surface area contributed by atoms with E-state index in [4.69, 9.17) is 5.73 Å². The summed E-state index contributed by atoms with van der Waals surface area (Å²) in [6.45, 7) is 2.39. The zero-order valence-electron chi connectivity index (χ0n) is 15.0. The molecular weight excluding hydrogens is 374 g/mol. The van der Waals surface area contributed by atoms with Gasteiger partial charge in [-0.05, 0) is 31.2 Å². The summed E-state index contributed by atoms with van der Waals surface area (Å²) in [5, 5.41) is 5.98. The summed E-state index contributed by atoms with van der Waals surface area (Å²) in [5.74, 6) is 0.212. The second kappa shape index (κ2) is 7.57. The first kappa shape index (κ1) is 17.8. The van der Waals surface area contributed by atoms with Crippen molar-refractivity contribution >= 4 is 38.7 Å². The number of nitrogens with one attached hydrogen (secondary N) is 2. The molecule has 3 heterocycles. The van der Waals surface area contributed by atoms with Crippen LogP contribution in [0.2, 0.25) is 0 Å². The number of pyridine rings is 1. The van der Waals surface area contributed by atoms with Crippen molar-refractivity contribution < 1.29 is 4.79 Å². The van der Waals surface area contributed by atoms with Gasteiger partial charge < -0.3 is 11.1 Å². The third-order valence-electron chi connectivity index (χ3n) is 3.99. The summed E-state index contributed by atoms with van der Waals surface area (Å²) in [4.78, 5) is 29.1. The van der Waals surface area contributed by atoms with Crippen molar-refractivity contribution in [3.05, 3.63) is 48.9 Å². The van der Waals surface area contributed by atoms with E-state index in [1.54, 1.807) is 18.6 Å². The lowest BCUT2D eigenvalue weighted by Crippen LogP contribution is -2.28. The Hall–Kier alpha value is -3.59. The Kier molecular flexibility index (Phi) is 4.81. The number of hydrogen-bond acceptors (Lipinski definition) is 7. The van der Waals surface area contributed by atoms with E-state index in [2.05, 4.69) is 30.6 Å². The quantitative estimate of drug-likeness (QED) is 0.490. The third kappa shape index (κ3) is 3.60. The average molecular weight is 391 g/mol. The molecule has 4 aromatic rings. The predicted molar refractivity (Wildman–Crippen MR) is 111 cm³/mol. The first-order valence-electron chi connectivity index (χ1n) is 8.63. The molecule has 3 aromatic heterocycles. The first-order chi connectivity index (χ1) is 13.6. The highest BCUT2D eigenvalue weighted by Crippen LogP contribution is 2.38. The lowest BCUT2D eigenvalue weighted by molar-refractivity contribution is 0.252. The smallest absolute Gasteiger partial charge is 0.321 e. The Morgan fingerprint density at radius 3 is 2.68 bits per heavy atom. The molecule has 0 saturated heterocycles. The number of carbonyl (C=O) groups excluding carboxylic acids is 1. The zero-order chi connectivity index (χ0) is 19.5. The fourth-order valence-electron chi connectivity index (χ4n) is 2.76. The van der Waals surface area contributed by atoms with Gasteiger partial charge in [-0.15, -0.1) is 0 Å². The first-order valence-corrected chi connectivity index (χ1v) is 9.44. The Labute approximate surface area is 164 Å². The number of thiazole rings is 1. The molecule has 4 rings (SSSR count). The van der Waals surface area contributed by atoms with Crippen molar-refractivity contribution in [1.82, 2.24) is 25.3 Å². The summed E-state index contributed by atoms with van der Waals surface area (Å²) >= 11 is 1.39. The molecule has 1 aromatic carbocycles. The highest BCUT2D eigenvalue weighted by Gasteiger charge is 2.15. The highest BCUT2D eigenvalue weighted by atomic mass is 32.1. The maximum atomic E-state index is 11.9. The topological polar surface area (TPSA) is 119 Å². The Morgan fingerprint density at radius 2 is 1.96 bits per heavy atom. The standard InChI is InChI=1S/C19H17N7OS/c1-2-21-18(27)26-19-25-15-8-11(14-5-3-4-6-22-14)7-13(16(15)28-19)12-9-23-17(20)24-10-12/h3-10H,2H2,1H3,(H2,20,23,24)(H2,21,25,26,27). The Morgan fingerprint density at radius 1 is 1.14 bits per heavy atom. The number of amides is 2. The van der Waals surface area contributed by atoms with E-state index in [1.165, 1.54) is 11.3 Å². The molecule has 28 heavy (non-hydrogen) atoms. The molecule has 0 bridgehead atoms. The molecule has 140 valence electrons. The average Bonchev–Trinajstić information content (AvgIpc) is 3.11. The maximum absolute atomic E-state index is 11.9. The van der Waals surface area contributed by atoms with E-state index in [1.807, 2.05) is 37.3 Å². The number of hydrogen-bond donors (Lipinski definition) is 3. The van der Waals surface area contributed by atoms with Crippen LogP contribution in [0.15, 0.2) is 48.9 Å². The molecular formula is C19H17N7OS. The molecule has 0 spiro atoms. The largest absolute Gasteiger partial charge is 0.368 e. The van der Waals surface area contributed by atoms with Crippen LogP contribution in [0, 0.1) is 0 Å². The number of nitrogens with zero attached hydrogens (tertiary/aromatic N) is 4. The van der Waals surface area contributed by atoms with Crippen molar-refractivity contribution in [1.29, 1.82) is 0 Å². The number of urea groups is 1. The van der Waals surface area contributed by atoms with Gasteiger partial charge in [0.15, 0.2) is 5.13 Å². The van der Waals surface area contributed by atoms with E-state index in [9.17, 15) is 4.79 Å². The van der Waals surface area contributed by atoms with Crippen molar-refractivity contribution in [2.45, 2.75) is 6.92 Å². The molecule has 0 aliphatic rings. The number of benzene rings is 1. The normalized spacial score (nSPS) is 10.8. The van der Waals surface area contributed by atoms with Crippen LogP contribution in [-0.4, -0.2) is 32.5 Å². The second-order valence-electron chi connectivity index (χ2n) is 5.92. The molecule has 0 fully saturated rings. The molecule has 2 amide bonds. The fraction of sp³-hybridized carbons (Fsp3) is 0.105. The molecule has 0 unspecified atom stereocenters. The van der Waals surface area contributed by atoms with Gasteiger partial charge in [0.05, 0.1) is 15.9 Å². The summed E-state index contributed by atoms with van der Waals surface area (Å²) in [6, 6.07) is 9.43. The van der Waals surface area contributed by atoms with E-state index >= 15 is 0 Å². The van der Waals surface area contributed by atoms with E-state index < -0.39 is 0 Å². The van der Waals surface area contributed by atoms with Crippen molar-refractivity contribution in [3.63, 3.8) is 0 Å². The molecule has 0 atom stereocenters. The van der Waals surface area contributed by atoms with Crippen LogP contribution < -0.4 is 16.4 Å². The number of carbonyl (C=O) groups is 1. The minimum atomic E-state index is -0.288. The monoisotopic (exact) mass is 391 g/mol.